The number of carbonyl (C=O) groups excluding carboxylic acids is 1. The Labute approximate surface area is 122 Å². The highest BCUT2D eigenvalue weighted by molar-refractivity contribution is 9.10. The third-order valence-electron chi connectivity index (χ3n) is 3.41. The van der Waals surface area contributed by atoms with Crippen LogP contribution in [0.1, 0.15) is 23.7 Å². The number of nitrogens with zero attached hydrogens (tertiary/aromatic N) is 1. The monoisotopic (exact) mass is 326 g/mol. The van der Waals surface area contributed by atoms with E-state index in [1.807, 2.05) is 17.9 Å². The summed E-state index contributed by atoms with van der Waals surface area (Å²) in [7, 11) is 0. The van der Waals surface area contributed by atoms with E-state index in [-0.39, 0.29) is 5.91 Å². The lowest BCUT2D eigenvalue weighted by Gasteiger charge is -2.24. The Morgan fingerprint density at radius 3 is 2.95 bits per heavy atom. The predicted octanol–water partition coefficient (Wildman–Crippen LogP) is 2.53. The normalized spacial score (nSPS) is 18.5. The van der Waals surface area contributed by atoms with Crippen molar-refractivity contribution in [2.24, 2.45) is 5.92 Å². The molecule has 0 aromatic heterocycles. The van der Waals surface area contributed by atoms with Gasteiger partial charge in [-0.25, -0.2) is 0 Å². The number of halogens is 1. The molecule has 19 heavy (non-hydrogen) atoms. The van der Waals surface area contributed by atoms with Gasteiger partial charge in [0.1, 0.15) is 0 Å². The van der Waals surface area contributed by atoms with E-state index in [4.69, 9.17) is 10.5 Å². The molecule has 1 aliphatic heterocycles. The van der Waals surface area contributed by atoms with Gasteiger partial charge in [-0.3, -0.25) is 4.79 Å². The number of benzene rings is 1. The zero-order valence-electron chi connectivity index (χ0n) is 11.1. The number of nitrogens with two attached hydrogens (primary N) is 1. The van der Waals surface area contributed by atoms with Crippen molar-refractivity contribution in [2.75, 3.05) is 32.0 Å². The quantitative estimate of drug-likeness (QED) is 0.865. The fourth-order valence-electron chi connectivity index (χ4n) is 2.25. The Hall–Kier alpha value is -1.07. The van der Waals surface area contributed by atoms with Crippen molar-refractivity contribution in [3.05, 3.63) is 28.2 Å². The number of nitrogen functional groups attached to an aromatic ring is 1. The van der Waals surface area contributed by atoms with Crippen LogP contribution in [0.2, 0.25) is 0 Å². The van der Waals surface area contributed by atoms with E-state index < -0.39 is 0 Å². The molecule has 1 atom stereocenters. The Balaban J connectivity index is 2.08. The number of rotatable bonds is 4. The molecular weight excluding hydrogens is 308 g/mol. The topological polar surface area (TPSA) is 55.6 Å². The minimum Gasteiger partial charge on any atom is -0.398 e. The zero-order chi connectivity index (χ0) is 13.8. The largest absolute Gasteiger partial charge is 0.398 e. The minimum atomic E-state index is 0.0357. The summed E-state index contributed by atoms with van der Waals surface area (Å²) in [5.41, 5.74) is 7.06. The highest BCUT2D eigenvalue weighted by Gasteiger charge is 2.22. The maximum absolute atomic E-state index is 12.4. The summed E-state index contributed by atoms with van der Waals surface area (Å²) in [6.07, 6.45) is 1.03. The number of ether oxygens (including phenoxy) is 1. The molecule has 2 rings (SSSR count). The number of hydrogen-bond acceptors (Lipinski definition) is 3. The van der Waals surface area contributed by atoms with Crippen LogP contribution in [0.15, 0.2) is 22.7 Å². The standard InChI is InChI=1S/C14H19BrN2O2/c1-2-17(8-10-5-6-19-9-10)14(18)11-3-4-12(15)13(16)7-11/h3-4,7,10H,2,5-6,8-9,16H2,1H3. The molecule has 1 unspecified atom stereocenters. The third kappa shape index (κ3) is 3.48. The van der Waals surface area contributed by atoms with Gasteiger partial charge in [0.15, 0.2) is 0 Å². The van der Waals surface area contributed by atoms with Crippen molar-refractivity contribution in [1.82, 2.24) is 4.90 Å². The molecule has 1 aromatic rings. The van der Waals surface area contributed by atoms with E-state index in [2.05, 4.69) is 15.9 Å². The van der Waals surface area contributed by atoms with E-state index in [1.54, 1.807) is 12.1 Å². The Bertz CT molecular complexity index is 459. The number of anilines is 1. The van der Waals surface area contributed by atoms with E-state index in [9.17, 15) is 4.79 Å². The smallest absolute Gasteiger partial charge is 0.253 e. The summed E-state index contributed by atoms with van der Waals surface area (Å²) >= 11 is 3.34. The molecule has 1 aliphatic rings. The number of hydrogen-bond donors (Lipinski definition) is 1. The summed E-state index contributed by atoms with van der Waals surface area (Å²) in [5.74, 6) is 0.491. The van der Waals surface area contributed by atoms with Crippen LogP contribution in [0.25, 0.3) is 0 Å². The van der Waals surface area contributed by atoms with Crippen LogP contribution >= 0.6 is 15.9 Å². The van der Waals surface area contributed by atoms with Gasteiger partial charge in [-0.1, -0.05) is 0 Å². The SMILES string of the molecule is CCN(CC1CCOC1)C(=O)c1ccc(Br)c(N)c1. The van der Waals surface area contributed by atoms with Gasteiger partial charge in [0.25, 0.3) is 5.91 Å². The molecule has 0 saturated carbocycles. The van der Waals surface area contributed by atoms with Crippen molar-refractivity contribution < 1.29 is 9.53 Å². The molecular formula is C14H19BrN2O2. The van der Waals surface area contributed by atoms with Gasteiger partial charge in [0.05, 0.1) is 6.61 Å². The molecule has 0 radical (unpaired) electrons. The number of amides is 1. The summed E-state index contributed by atoms with van der Waals surface area (Å²) < 4.78 is 6.17. The van der Waals surface area contributed by atoms with Crippen LogP contribution in [0.4, 0.5) is 5.69 Å². The summed E-state index contributed by atoms with van der Waals surface area (Å²) in [6, 6.07) is 5.34. The van der Waals surface area contributed by atoms with Gasteiger partial charge >= 0.3 is 0 Å². The van der Waals surface area contributed by atoms with Crippen molar-refractivity contribution in [3.8, 4) is 0 Å². The second-order valence-corrected chi connectivity index (χ2v) is 5.66. The van der Waals surface area contributed by atoms with Gasteiger partial charge in [0, 0.05) is 41.3 Å². The Morgan fingerprint density at radius 1 is 1.58 bits per heavy atom. The van der Waals surface area contributed by atoms with Crippen molar-refractivity contribution in [3.63, 3.8) is 0 Å². The average molecular weight is 327 g/mol. The highest BCUT2D eigenvalue weighted by Crippen LogP contribution is 2.22. The van der Waals surface area contributed by atoms with E-state index in [0.717, 1.165) is 30.7 Å². The van der Waals surface area contributed by atoms with Crippen molar-refractivity contribution in [1.29, 1.82) is 0 Å². The van der Waals surface area contributed by atoms with Gasteiger partial charge in [0.2, 0.25) is 0 Å². The lowest BCUT2D eigenvalue weighted by molar-refractivity contribution is 0.0731. The van der Waals surface area contributed by atoms with E-state index in [0.29, 0.717) is 23.7 Å². The molecule has 0 aliphatic carbocycles. The molecule has 104 valence electrons. The molecule has 0 spiro atoms. The van der Waals surface area contributed by atoms with Gasteiger partial charge < -0.3 is 15.4 Å². The molecule has 4 nitrogen and oxygen atoms in total. The molecule has 5 heteroatoms. The van der Waals surface area contributed by atoms with Crippen molar-refractivity contribution in [2.45, 2.75) is 13.3 Å². The van der Waals surface area contributed by atoms with Crippen LogP contribution in [-0.2, 0) is 4.74 Å². The van der Waals surface area contributed by atoms with Crippen LogP contribution in [0, 0.1) is 5.92 Å². The molecule has 2 N–H and O–H groups in total. The summed E-state index contributed by atoms with van der Waals surface area (Å²) in [4.78, 5) is 14.3. The first-order chi connectivity index (χ1) is 9.11. The predicted molar refractivity (Wildman–Crippen MR) is 79.1 cm³/mol. The maximum atomic E-state index is 12.4. The van der Waals surface area contributed by atoms with Crippen LogP contribution in [0.3, 0.4) is 0 Å². The van der Waals surface area contributed by atoms with E-state index in [1.165, 1.54) is 0 Å². The van der Waals surface area contributed by atoms with E-state index >= 15 is 0 Å². The Morgan fingerprint density at radius 2 is 2.37 bits per heavy atom. The first-order valence-corrected chi connectivity index (χ1v) is 7.33. The first-order valence-electron chi connectivity index (χ1n) is 6.54. The lowest BCUT2D eigenvalue weighted by Crippen LogP contribution is -2.35. The fraction of sp³-hybridized carbons (Fsp3) is 0.500. The van der Waals surface area contributed by atoms with Gasteiger partial charge in [-0.2, -0.15) is 0 Å². The van der Waals surface area contributed by atoms with Crippen LogP contribution in [-0.4, -0.2) is 37.1 Å². The highest BCUT2D eigenvalue weighted by atomic mass is 79.9. The second-order valence-electron chi connectivity index (χ2n) is 4.81. The molecule has 1 amide bonds. The maximum Gasteiger partial charge on any atom is 0.253 e. The Kier molecular flexibility index (Phi) is 4.82. The molecule has 1 heterocycles. The van der Waals surface area contributed by atoms with Crippen LogP contribution < -0.4 is 5.73 Å². The lowest BCUT2D eigenvalue weighted by atomic mass is 10.1. The molecule has 0 bridgehead atoms. The van der Waals surface area contributed by atoms with Gasteiger partial charge in [-0.05, 0) is 47.5 Å². The van der Waals surface area contributed by atoms with Crippen LogP contribution in [0.5, 0.6) is 0 Å². The second kappa shape index (κ2) is 6.39. The minimum absolute atomic E-state index is 0.0357. The molecule has 1 aromatic carbocycles. The number of carbonyl (C=O) groups is 1. The zero-order valence-corrected chi connectivity index (χ0v) is 12.6. The first kappa shape index (κ1) is 14.3. The van der Waals surface area contributed by atoms with Crippen molar-refractivity contribution >= 4 is 27.5 Å². The summed E-state index contributed by atoms with van der Waals surface area (Å²) in [6.45, 7) is 5.01. The average Bonchev–Trinajstić information content (AvgIpc) is 2.91. The van der Waals surface area contributed by atoms with Gasteiger partial charge in [-0.15, -0.1) is 0 Å². The third-order valence-corrected chi connectivity index (χ3v) is 4.14. The molecule has 1 saturated heterocycles. The summed E-state index contributed by atoms with van der Waals surface area (Å²) in [5, 5.41) is 0. The fourth-order valence-corrected chi connectivity index (χ4v) is 2.50. The molecule has 1 fully saturated rings.